The van der Waals surface area contributed by atoms with Crippen LogP contribution in [0.4, 0.5) is 30.7 Å². The zero-order valence-electron chi connectivity index (χ0n) is 17.1. The molecule has 0 spiro atoms. The molecule has 1 saturated carbocycles. The molecule has 1 aliphatic carbocycles. The molecule has 1 fully saturated rings. The lowest BCUT2D eigenvalue weighted by atomic mass is 9.94. The number of benzene rings is 2. The lowest BCUT2D eigenvalue weighted by Gasteiger charge is -2.33. The number of sulfone groups is 1. The number of nitrogens with one attached hydrogen (secondary N) is 1. The molecular weight excluding hydrogens is 515 g/mol. The van der Waals surface area contributed by atoms with Crippen molar-refractivity contribution in [3.63, 3.8) is 0 Å². The van der Waals surface area contributed by atoms with Gasteiger partial charge < -0.3 is 0 Å². The Morgan fingerprint density at radius 1 is 0.765 bits per heavy atom. The van der Waals surface area contributed by atoms with Crippen LogP contribution in [0.15, 0.2) is 58.3 Å². The highest BCUT2D eigenvalue weighted by Crippen LogP contribution is 2.42. The molecular formula is C20H18F7NO4S2. The summed E-state index contributed by atoms with van der Waals surface area (Å²) in [7, 11) is -9.12. The minimum absolute atomic E-state index is 0.297. The molecule has 0 heterocycles. The summed E-state index contributed by atoms with van der Waals surface area (Å²) < 4.78 is 145. The molecule has 0 unspecified atom stereocenters. The summed E-state index contributed by atoms with van der Waals surface area (Å²) in [4.78, 5) is -1.30. The van der Waals surface area contributed by atoms with E-state index in [2.05, 4.69) is 4.72 Å². The molecule has 0 atom stereocenters. The van der Waals surface area contributed by atoms with Gasteiger partial charge in [-0.05, 0) is 68.1 Å². The maximum atomic E-state index is 15.4. The van der Waals surface area contributed by atoms with Crippen LogP contribution in [0.5, 0.6) is 0 Å². The van der Waals surface area contributed by atoms with Crippen LogP contribution in [0.25, 0.3) is 0 Å². The monoisotopic (exact) mass is 533 g/mol. The highest BCUT2D eigenvalue weighted by Gasteiger charge is 2.48. The molecule has 1 N–H and O–H groups in total. The number of hydrogen-bond acceptors (Lipinski definition) is 4. The molecule has 0 aromatic heterocycles. The SMILES string of the molecule is O=S(=O)(N[C@H]1CC[C@@](F)(S(=O)(=O)c2cccc(C(F)(F)F)c2)CC1)c1ccc(C(F)(F)F)cc1. The summed E-state index contributed by atoms with van der Waals surface area (Å²) >= 11 is 0. The second-order valence-electron chi connectivity index (χ2n) is 7.83. The van der Waals surface area contributed by atoms with E-state index in [4.69, 9.17) is 0 Å². The molecule has 3 rings (SSSR count). The number of hydrogen-bond donors (Lipinski definition) is 1. The van der Waals surface area contributed by atoms with Gasteiger partial charge in [-0.2, -0.15) is 26.3 Å². The van der Waals surface area contributed by atoms with Crippen molar-refractivity contribution in [2.75, 3.05) is 0 Å². The first-order chi connectivity index (χ1) is 15.5. The molecule has 0 saturated heterocycles. The van der Waals surface area contributed by atoms with Gasteiger partial charge in [0.25, 0.3) is 0 Å². The normalized spacial score (nSPS) is 22.5. The van der Waals surface area contributed by atoms with Gasteiger partial charge in [-0.1, -0.05) is 6.07 Å². The Morgan fingerprint density at radius 2 is 1.29 bits per heavy atom. The molecule has 0 amide bonds. The first-order valence-electron chi connectivity index (χ1n) is 9.76. The summed E-state index contributed by atoms with van der Waals surface area (Å²) in [6.45, 7) is 0. The van der Waals surface area contributed by atoms with Crippen LogP contribution in [0.1, 0.15) is 36.8 Å². The molecule has 188 valence electrons. The van der Waals surface area contributed by atoms with Crippen molar-refractivity contribution in [3.8, 4) is 0 Å². The predicted molar refractivity (Wildman–Crippen MR) is 106 cm³/mol. The molecule has 5 nitrogen and oxygen atoms in total. The van der Waals surface area contributed by atoms with Gasteiger partial charge in [-0.3, -0.25) is 0 Å². The number of alkyl halides is 7. The maximum absolute atomic E-state index is 15.4. The standard InChI is InChI=1S/C20H18F7NO4S2/c21-18(33(29,30)17-3-1-2-14(12-17)20(25,26)27)10-8-15(9-11-18)28-34(31,32)16-6-4-13(5-7-16)19(22,23)24/h1-7,12,15,28H,8-11H2/t15-,18+. The van der Waals surface area contributed by atoms with E-state index in [-0.39, 0.29) is 12.8 Å². The zero-order valence-corrected chi connectivity index (χ0v) is 18.8. The van der Waals surface area contributed by atoms with Crippen LogP contribution in [-0.4, -0.2) is 27.9 Å². The van der Waals surface area contributed by atoms with Crippen molar-refractivity contribution in [1.82, 2.24) is 4.72 Å². The third kappa shape index (κ3) is 5.38. The number of halogens is 7. The van der Waals surface area contributed by atoms with Gasteiger partial charge in [0.15, 0.2) is 0 Å². The summed E-state index contributed by atoms with van der Waals surface area (Å²) in [5.41, 5.74) is -2.30. The average molecular weight is 533 g/mol. The Balaban J connectivity index is 1.73. The van der Waals surface area contributed by atoms with Gasteiger partial charge >= 0.3 is 12.4 Å². The first kappa shape index (κ1) is 26.4. The quantitative estimate of drug-likeness (QED) is 0.544. The molecule has 2 aromatic carbocycles. The van der Waals surface area contributed by atoms with Crippen molar-refractivity contribution in [2.24, 2.45) is 0 Å². The lowest BCUT2D eigenvalue weighted by Crippen LogP contribution is -2.45. The smallest absolute Gasteiger partial charge is 0.226 e. The van der Waals surface area contributed by atoms with Crippen LogP contribution in [0, 0.1) is 0 Å². The van der Waals surface area contributed by atoms with E-state index in [1.54, 1.807) is 0 Å². The molecule has 2 aromatic rings. The van der Waals surface area contributed by atoms with Crippen molar-refractivity contribution in [2.45, 2.75) is 58.9 Å². The molecule has 0 aliphatic heterocycles. The molecule has 0 radical (unpaired) electrons. The first-order valence-corrected chi connectivity index (χ1v) is 12.7. The minimum atomic E-state index is -4.83. The Kier molecular flexibility index (Phi) is 6.83. The largest absolute Gasteiger partial charge is 0.416 e. The Bertz CT molecular complexity index is 1250. The fourth-order valence-corrected chi connectivity index (χ4v) is 6.64. The minimum Gasteiger partial charge on any atom is -0.226 e. The predicted octanol–water partition coefficient (Wildman–Crippen LogP) is 5.08. The topological polar surface area (TPSA) is 80.3 Å². The van der Waals surface area contributed by atoms with E-state index in [9.17, 15) is 43.2 Å². The Labute approximate surface area is 190 Å². The molecule has 34 heavy (non-hydrogen) atoms. The van der Waals surface area contributed by atoms with E-state index in [0.29, 0.717) is 24.3 Å². The van der Waals surface area contributed by atoms with Crippen LogP contribution in [0.2, 0.25) is 0 Å². The van der Waals surface area contributed by atoms with E-state index in [1.165, 1.54) is 0 Å². The third-order valence-electron chi connectivity index (χ3n) is 5.50. The van der Waals surface area contributed by atoms with Gasteiger partial charge in [0, 0.05) is 6.04 Å². The van der Waals surface area contributed by atoms with Crippen LogP contribution in [-0.2, 0) is 32.2 Å². The third-order valence-corrected chi connectivity index (χ3v) is 9.28. The van der Waals surface area contributed by atoms with Gasteiger partial charge in [-0.15, -0.1) is 0 Å². The summed E-state index contributed by atoms with van der Waals surface area (Å²) in [5.74, 6) is 0. The van der Waals surface area contributed by atoms with E-state index in [1.807, 2.05) is 0 Å². The Morgan fingerprint density at radius 3 is 1.79 bits per heavy atom. The average Bonchev–Trinajstić information content (AvgIpc) is 2.74. The number of rotatable bonds is 5. The van der Waals surface area contributed by atoms with E-state index >= 15 is 4.39 Å². The second kappa shape index (κ2) is 8.79. The van der Waals surface area contributed by atoms with Crippen molar-refractivity contribution in [3.05, 3.63) is 59.7 Å². The van der Waals surface area contributed by atoms with Gasteiger partial charge in [0.2, 0.25) is 24.9 Å². The highest BCUT2D eigenvalue weighted by atomic mass is 32.2. The molecule has 14 heteroatoms. The fraction of sp³-hybridized carbons (Fsp3) is 0.400. The zero-order chi connectivity index (χ0) is 25.6. The summed E-state index contributed by atoms with van der Waals surface area (Å²) in [5, 5.41) is -2.91. The van der Waals surface area contributed by atoms with Gasteiger partial charge in [0.1, 0.15) is 0 Å². The van der Waals surface area contributed by atoms with E-state index in [0.717, 1.165) is 24.3 Å². The molecule has 0 bridgehead atoms. The van der Waals surface area contributed by atoms with Crippen molar-refractivity contribution >= 4 is 19.9 Å². The second-order valence-corrected chi connectivity index (χ2v) is 11.8. The molecule has 1 aliphatic rings. The van der Waals surface area contributed by atoms with Crippen molar-refractivity contribution < 1.29 is 47.6 Å². The fourth-order valence-electron chi connectivity index (χ4n) is 3.60. The Hall–Kier alpha value is -2.19. The van der Waals surface area contributed by atoms with Gasteiger partial charge in [0.05, 0.1) is 20.9 Å². The summed E-state index contributed by atoms with van der Waals surface area (Å²) in [6.07, 6.45) is -11.5. The van der Waals surface area contributed by atoms with Crippen LogP contribution < -0.4 is 4.72 Å². The lowest BCUT2D eigenvalue weighted by molar-refractivity contribution is -0.138. The van der Waals surface area contributed by atoms with E-state index < -0.39 is 77.0 Å². The van der Waals surface area contributed by atoms with Crippen molar-refractivity contribution in [1.29, 1.82) is 0 Å². The highest BCUT2D eigenvalue weighted by molar-refractivity contribution is 7.92. The maximum Gasteiger partial charge on any atom is 0.416 e. The summed E-state index contributed by atoms with van der Waals surface area (Å²) in [6, 6.07) is 4.46. The van der Waals surface area contributed by atoms with Crippen LogP contribution >= 0.6 is 0 Å². The number of sulfonamides is 1. The van der Waals surface area contributed by atoms with Gasteiger partial charge in [-0.25, -0.2) is 25.9 Å². The van der Waals surface area contributed by atoms with Crippen LogP contribution in [0.3, 0.4) is 0 Å².